The number of nitriles is 1. The Balaban J connectivity index is 2.55. The molecular weight excluding hydrogens is 334 g/mol. The van der Waals surface area contributed by atoms with Crippen LogP contribution in [-0.2, 0) is 21.0 Å². The molecule has 1 unspecified atom stereocenters. The Morgan fingerprint density at radius 3 is 1.78 bits per heavy atom. The number of sulfone groups is 1. The minimum atomic E-state index is -4.86. The van der Waals surface area contributed by atoms with Crippen LogP contribution in [0.25, 0.3) is 0 Å². The molecule has 23 heavy (non-hydrogen) atoms. The highest BCUT2D eigenvalue weighted by atomic mass is 32.2. The molecule has 0 heterocycles. The van der Waals surface area contributed by atoms with Gasteiger partial charge in [0.05, 0.1) is 10.5 Å². The SMILES string of the molecule is N#CC(F)(c1ccccc1)S(=O)(=O)c1ccc(C(F)(F)F)cc1. The maximum atomic E-state index is 14.9. The molecule has 1 atom stereocenters. The second-order valence-electron chi connectivity index (χ2n) is 4.60. The number of hydrogen-bond acceptors (Lipinski definition) is 3. The van der Waals surface area contributed by atoms with Gasteiger partial charge in [-0.2, -0.15) is 18.4 Å². The predicted octanol–water partition coefficient (Wildman–Crippen LogP) is 3.83. The van der Waals surface area contributed by atoms with Crippen LogP contribution in [0.4, 0.5) is 17.6 Å². The molecule has 0 aliphatic heterocycles. The zero-order valence-electron chi connectivity index (χ0n) is 11.4. The summed E-state index contributed by atoms with van der Waals surface area (Å²) in [5.41, 5.74) is -1.49. The molecule has 2 aromatic rings. The van der Waals surface area contributed by atoms with E-state index in [-0.39, 0.29) is 0 Å². The maximum absolute atomic E-state index is 14.9. The Hall–Kier alpha value is -2.40. The maximum Gasteiger partial charge on any atom is 0.416 e. The molecule has 0 fully saturated rings. The molecule has 0 saturated heterocycles. The van der Waals surface area contributed by atoms with E-state index in [9.17, 15) is 26.0 Å². The van der Waals surface area contributed by atoms with Gasteiger partial charge in [0.25, 0.3) is 0 Å². The van der Waals surface area contributed by atoms with E-state index in [0.29, 0.717) is 24.3 Å². The summed E-state index contributed by atoms with van der Waals surface area (Å²) in [5.74, 6) is 0. The number of nitrogens with zero attached hydrogens (tertiary/aromatic N) is 1. The monoisotopic (exact) mass is 343 g/mol. The second kappa shape index (κ2) is 5.66. The van der Waals surface area contributed by atoms with Crippen molar-refractivity contribution >= 4 is 9.84 Å². The fourth-order valence-corrected chi connectivity index (χ4v) is 3.30. The number of benzene rings is 2. The topological polar surface area (TPSA) is 57.9 Å². The van der Waals surface area contributed by atoms with Crippen molar-refractivity contribution in [3.8, 4) is 6.07 Å². The Morgan fingerprint density at radius 2 is 1.35 bits per heavy atom. The van der Waals surface area contributed by atoms with Gasteiger partial charge in [0, 0.05) is 5.56 Å². The second-order valence-corrected chi connectivity index (χ2v) is 6.64. The van der Waals surface area contributed by atoms with Crippen LogP contribution in [0.3, 0.4) is 0 Å². The van der Waals surface area contributed by atoms with Gasteiger partial charge in [0.1, 0.15) is 6.07 Å². The lowest BCUT2D eigenvalue weighted by atomic mass is 10.1. The van der Waals surface area contributed by atoms with E-state index in [1.54, 1.807) is 0 Å². The van der Waals surface area contributed by atoms with Crippen molar-refractivity contribution in [1.29, 1.82) is 5.26 Å². The summed E-state index contributed by atoms with van der Waals surface area (Å²) in [5, 5.41) is 5.64. The first kappa shape index (κ1) is 17.0. The summed E-state index contributed by atoms with van der Waals surface area (Å²) in [6.07, 6.45) is -4.65. The van der Waals surface area contributed by atoms with E-state index in [0.717, 1.165) is 18.2 Å². The van der Waals surface area contributed by atoms with Crippen molar-refractivity contribution in [3.63, 3.8) is 0 Å². The average Bonchev–Trinajstić information content (AvgIpc) is 2.54. The van der Waals surface area contributed by atoms with E-state index in [1.807, 2.05) is 0 Å². The predicted molar refractivity (Wildman–Crippen MR) is 73.5 cm³/mol. The normalized spacial score (nSPS) is 14.7. The Morgan fingerprint density at radius 1 is 0.826 bits per heavy atom. The quantitative estimate of drug-likeness (QED) is 0.796. The molecule has 3 nitrogen and oxygen atoms in total. The minimum Gasteiger partial charge on any atom is -0.219 e. The molecule has 120 valence electrons. The average molecular weight is 343 g/mol. The molecule has 0 N–H and O–H groups in total. The van der Waals surface area contributed by atoms with Crippen LogP contribution < -0.4 is 0 Å². The Bertz CT molecular complexity index is 840. The lowest BCUT2D eigenvalue weighted by molar-refractivity contribution is -0.137. The van der Waals surface area contributed by atoms with Crippen molar-refractivity contribution in [2.24, 2.45) is 0 Å². The number of hydrogen-bond donors (Lipinski definition) is 0. The summed E-state index contributed by atoms with van der Waals surface area (Å²) in [6.45, 7) is 0. The van der Waals surface area contributed by atoms with Crippen molar-refractivity contribution in [1.82, 2.24) is 0 Å². The highest BCUT2D eigenvalue weighted by molar-refractivity contribution is 7.92. The van der Waals surface area contributed by atoms with Gasteiger partial charge in [0.2, 0.25) is 9.84 Å². The summed E-state index contributed by atoms with van der Waals surface area (Å²) in [6, 6.07) is 9.85. The van der Waals surface area contributed by atoms with Crippen LogP contribution in [-0.4, -0.2) is 8.42 Å². The standard InChI is InChI=1S/C15H9F4NO2S/c16-14(10-20,11-4-2-1-3-5-11)23(21,22)13-8-6-12(7-9-13)15(17,18)19/h1-9H. The third-order valence-corrected chi connectivity index (χ3v) is 5.11. The van der Waals surface area contributed by atoms with Gasteiger partial charge in [0.15, 0.2) is 0 Å². The number of halogens is 4. The first-order valence-electron chi connectivity index (χ1n) is 6.20. The van der Waals surface area contributed by atoms with E-state index in [2.05, 4.69) is 0 Å². The van der Waals surface area contributed by atoms with Crippen molar-refractivity contribution in [2.75, 3.05) is 0 Å². The summed E-state index contributed by atoms with van der Waals surface area (Å²) in [4.78, 5) is -0.710. The summed E-state index contributed by atoms with van der Waals surface area (Å²) < 4.78 is 77.1. The molecule has 0 saturated carbocycles. The third kappa shape index (κ3) is 2.92. The van der Waals surface area contributed by atoms with Gasteiger partial charge < -0.3 is 0 Å². The molecule has 2 rings (SSSR count). The molecule has 0 aromatic heterocycles. The highest BCUT2D eigenvalue weighted by Crippen LogP contribution is 2.37. The van der Waals surface area contributed by atoms with Gasteiger partial charge in [-0.3, -0.25) is 0 Å². The first-order valence-corrected chi connectivity index (χ1v) is 7.69. The van der Waals surface area contributed by atoms with Crippen molar-refractivity contribution in [3.05, 3.63) is 65.7 Å². The van der Waals surface area contributed by atoms with Gasteiger partial charge >= 0.3 is 11.2 Å². The molecule has 2 aromatic carbocycles. The van der Waals surface area contributed by atoms with Crippen molar-refractivity contribution < 1.29 is 26.0 Å². The largest absolute Gasteiger partial charge is 0.416 e. The fourth-order valence-electron chi connectivity index (χ4n) is 1.92. The highest BCUT2D eigenvalue weighted by Gasteiger charge is 2.48. The van der Waals surface area contributed by atoms with Gasteiger partial charge in [-0.05, 0) is 24.3 Å². The van der Waals surface area contributed by atoms with E-state index < -0.39 is 37.0 Å². The van der Waals surface area contributed by atoms with Crippen LogP contribution >= 0.6 is 0 Å². The summed E-state index contributed by atoms with van der Waals surface area (Å²) >= 11 is 0. The summed E-state index contributed by atoms with van der Waals surface area (Å²) in [7, 11) is -4.86. The van der Waals surface area contributed by atoms with Crippen LogP contribution in [0.5, 0.6) is 0 Å². The third-order valence-electron chi connectivity index (χ3n) is 3.15. The fraction of sp³-hybridized carbons (Fsp3) is 0.133. The molecule has 0 radical (unpaired) electrons. The van der Waals surface area contributed by atoms with Gasteiger partial charge in [-0.1, -0.05) is 30.3 Å². The smallest absolute Gasteiger partial charge is 0.219 e. The van der Waals surface area contributed by atoms with Gasteiger partial charge in [-0.25, -0.2) is 12.8 Å². The van der Waals surface area contributed by atoms with E-state index >= 15 is 0 Å². The number of alkyl halides is 4. The molecule has 8 heteroatoms. The number of rotatable bonds is 3. The van der Waals surface area contributed by atoms with Crippen LogP contribution in [0.1, 0.15) is 11.1 Å². The Labute approximate surface area is 129 Å². The van der Waals surface area contributed by atoms with Crippen LogP contribution in [0, 0.1) is 11.3 Å². The molecule has 0 aliphatic carbocycles. The molecule has 0 bridgehead atoms. The van der Waals surface area contributed by atoms with Gasteiger partial charge in [-0.15, -0.1) is 0 Å². The molecule has 0 aliphatic rings. The van der Waals surface area contributed by atoms with Crippen LogP contribution in [0.2, 0.25) is 0 Å². The van der Waals surface area contributed by atoms with E-state index in [4.69, 9.17) is 5.26 Å². The van der Waals surface area contributed by atoms with E-state index in [1.165, 1.54) is 18.2 Å². The van der Waals surface area contributed by atoms with Crippen LogP contribution in [0.15, 0.2) is 59.5 Å². The Kier molecular flexibility index (Phi) is 4.18. The molecule has 0 spiro atoms. The molecule has 0 amide bonds. The lowest BCUT2D eigenvalue weighted by Gasteiger charge is -2.19. The first-order chi connectivity index (χ1) is 10.6. The zero-order valence-corrected chi connectivity index (χ0v) is 12.2. The minimum absolute atomic E-state index is 0.414. The molecular formula is C15H9F4NO2S. The van der Waals surface area contributed by atoms with Crippen molar-refractivity contribution in [2.45, 2.75) is 16.1 Å². The lowest BCUT2D eigenvalue weighted by Crippen LogP contribution is -2.29. The zero-order chi connectivity index (χ0) is 17.3.